The summed E-state index contributed by atoms with van der Waals surface area (Å²) in [5.41, 5.74) is 1.40. The fourth-order valence-corrected chi connectivity index (χ4v) is 4.19. The zero-order valence-electron chi connectivity index (χ0n) is 19.6. The molecule has 2 N–H and O–H groups in total. The van der Waals surface area contributed by atoms with Gasteiger partial charge in [0.2, 0.25) is 5.76 Å². The highest BCUT2D eigenvalue weighted by Gasteiger charge is 2.37. The lowest BCUT2D eigenvalue weighted by Crippen LogP contribution is -2.54. The largest absolute Gasteiger partial charge is 0.494 e. The maximum atomic E-state index is 13.4. The van der Waals surface area contributed by atoms with Crippen LogP contribution in [0.15, 0.2) is 76.9 Å². The molecule has 1 fully saturated rings. The number of hydrogen-bond acceptors (Lipinski definition) is 6. The molecule has 1 saturated heterocycles. The van der Waals surface area contributed by atoms with Crippen LogP contribution in [0.3, 0.4) is 0 Å². The van der Waals surface area contributed by atoms with Crippen molar-refractivity contribution in [3.8, 4) is 5.75 Å². The Labute approximate surface area is 210 Å². The molecule has 37 heavy (non-hydrogen) atoms. The van der Waals surface area contributed by atoms with E-state index < -0.39 is 23.8 Å². The van der Waals surface area contributed by atoms with Crippen molar-refractivity contribution in [1.29, 1.82) is 0 Å². The number of aromatic carboxylic acids is 1. The van der Waals surface area contributed by atoms with Crippen molar-refractivity contribution in [3.63, 3.8) is 0 Å². The molecule has 2 aromatic heterocycles. The number of benzene rings is 2. The SMILES string of the molecule is CCOc1cccc(N2C(=O)NC(=O)C(=Cc3cn(Cc4ccc(C(=O)O)o4)c4ccccc34)C2=O)c1. The van der Waals surface area contributed by atoms with E-state index in [0.717, 1.165) is 15.8 Å². The van der Waals surface area contributed by atoms with Gasteiger partial charge in [0.05, 0.1) is 18.8 Å². The minimum atomic E-state index is -1.17. The van der Waals surface area contributed by atoms with Crippen LogP contribution < -0.4 is 15.0 Å². The van der Waals surface area contributed by atoms with Crippen molar-refractivity contribution in [3.05, 3.63) is 89.5 Å². The molecule has 10 heteroatoms. The van der Waals surface area contributed by atoms with Gasteiger partial charge in [-0.1, -0.05) is 24.3 Å². The summed E-state index contributed by atoms with van der Waals surface area (Å²) in [5, 5.41) is 12.1. The zero-order valence-corrected chi connectivity index (χ0v) is 19.6. The molecule has 0 saturated carbocycles. The Morgan fingerprint density at radius 3 is 2.65 bits per heavy atom. The quantitative estimate of drug-likeness (QED) is 0.290. The third-order valence-electron chi connectivity index (χ3n) is 5.81. The second kappa shape index (κ2) is 9.50. The predicted molar refractivity (Wildman–Crippen MR) is 133 cm³/mol. The predicted octanol–water partition coefficient (Wildman–Crippen LogP) is 4.05. The first-order valence-corrected chi connectivity index (χ1v) is 11.4. The van der Waals surface area contributed by atoms with Crippen LogP contribution in [0.4, 0.5) is 10.5 Å². The molecule has 0 spiro atoms. The summed E-state index contributed by atoms with van der Waals surface area (Å²) in [4.78, 5) is 50.7. The van der Waals surface area contributed by atoms with Crippen LogP contribution in [0, 0.1) is 0 Å². The van der Waals surface area contributed by atoms with Gasteiger partial charge in [-0.3, -0.25) is 14.9 Å². The van der Waals surface area contributed by atoms with E-state index in [0.29, 0.717) is 23.7 Å². The van der Waals surface area contributed by atoms with Crippen LogP contribution >= 0.6 is 0 Å². The number of carbonyl (C=O) groups is 4. The number of fused-ring (bicyclic) bond motifs is 1. The minimum absolute atomic E-state index is 0.170. The van der Waals surface area contributed by atoms with E-state index in [-0.39, 0.29) is 23.6 Å². The minimum Gasteiger partial charge on any atom is -0.494 e. The van der Waals surface area contributed by atoms with E-state index in [1.807, 2.05) is 35.8 Å². The van der Waals surface area contributed by atoms with Gasteiger partial charge in [-0.25, -0.2) is 14.5 Å². The van der Waals surface area contributed by atoms with E-state index in [1.165, 1.54) is 12.1 Å². The number of rotatable bonds is 7. The Kier molecular flexibility index (Phi) is 6.06. The number of nitrogens with zero attached hydrogens (tertiary/aromatic N) is 2. The fourth-order valence-electron chi connectivity index (χ4n) is 4.19. The maximum Gasteiger partial charge on any atom is 0.371 e. The molecule has 0 aliphatic carbocycles. The Morgan fingerprint density at radius 1 is 1.08 bits per heavy atom. The molecule has 3 heterocycles. The molecule has 0 bridgehead atoms. The first kappa shape index (κ1) is 23.6. The number of anilines is 1. The lowest BCUT2D eigenvalue weighted by Gasteiger charge is -2.26. The molecule has 4 amide bonds. The van der Waals surface area contributed by atoms with Gasteiger partial charge in [0.1, 0.15) is 17.1 Å². The van der Waals surface area contributed by atoms with Crippen LogP contribution in [0.5, 0.6) is 5.75 Å². The molecule has 186 valence electrons. The van der Waals surface area contributed by atoms with Crippen LogP contribution in [-0.4, -0.2) is 40.1 Å². The third-order valence-corrected chi connectivity index (χ3v) is 5.81. The normalized spacial score (nSPS) is 14.9. The van der Waals surface area contributed by atoms with Gasteiger partial charge >= 0.3 is 12.0 Å². The van der Waals surface area contributed by atoms with E-state index in [4.69, 9.17) is 14.3 Å². The number of ether oxygens (including phenoxy) is 1. The average molecular weight is 499 g/mol. The van der Waals surface area contributed by atoms with Gasteiger partial charge in [0, 0.05) is 28.7 Å². The van der Waals surface area contributed by atoms with Gasteiger partial charge in [0.25, 0.3) is 11.8 Å². The lowest BCUT2D eigenvalue weighted by molar-refractivity contribution is -0.122. The topological polar surface area (TPSA) is 131 Å². The first-order valence-electron chi connectivity index (χ1n) is 11.4. The van der Waals surface area contributed by atoms with Crippen molar-refractivity contribution >= 4 is 46.5 Å². The summed E-state index contributed by atoms with van der Waals surface area (Å²) >= 11 is 0. The molecule has 2 aromatic carbocycles. The molecule has 0 unspecified atom stereocenters. The number of para-hydroxylation sites is 1. The Bertz CT molecular complexity index is 1590. The number of imide groups is 2. The molecular formula is C27H21N3O7. The van der Waals surface area contributed by atoms with Crippen LogP contribution in [0.1, 0.15) is 28.8 Å². The number of amides is 4. The number of carboxylic acids is 1. The van der Waals surface area contributed by atoms with Gasteiger partial charge in [-0.15, -0.1) is 0 Å². The van der Waals surface area contributed by atoms with Crippen molar-refractivity contribution < 1.29 is 33.4 Å². The Hall–Kier alpha value is -5.12. The van der Waals surface area contributed by atoms with Gasteiger partial charge < -0.3 is 18.8 Å². The number of nitrogens with one attached hydrogen (secondary N) is 1. The standard InChI is InChI=1S/C27H21N3O7/c1-2-36-18-7-5-6-17(13-18)30-25(32)21(24(31)28-27(30)35)12-16-14-29(22-9-4-3-8-20(16)22)15-19-10-11-23(37-19)26(33)34/h3-14H,2,15H2,1H3,(H,33,34)(H,28,31,35). The highest BCUT2D eigenvalue weighted by Crippen LogP contribution is 2.28. The molecule has 0 atom stereocenters. The van der Waals surface area contributed by atoms with Crippen molar-refractivity contribution in [1.82, 2.24) is 9.88 Å². The monoisotopic (exact) mass is 499 g/mol. The summed E-state index contributed by atoms with van der Waals surface area (Å²) in [6.07, 6.45) is 3.17. The molecule has 0 radical (unpaired) electrons. The lowest BCUT2D eigenvalue weighted by atomic mass is 10.1. The van der Waals surface area contributed by atoms with Crippen molar-refractivity contribution in [2.75, 3.05) is 11.5 Å². The summed E-state index contributed by atoms with van der Waals surface area (Å²) in [7, 11) is 0. The van der Waals surface area contributed by atoms with Crippen LogP contribution in [0.25, 0.3) is 17.0 Å². The maximum absolute atomic E-state index is 13.4. The molecule has 4 aromatic rings. The van der Waals surface area contributed by atoms with E-state index in [9.17, 15) is 19.2 Å². The van der Waals surface area contributed by atoms with Crippen LogP contribution in [0.2, 0.25) is 0 Å². The number of urea groups is 1. The number of hydrogen-bond donors (Lipinski definition) is 2. The number of barbiturate groups is 1. The molecule has 1 aliphatic heterocycles. The van der Waals surface area contributed by atoms with Gasteiger partial charge in [0.15, 0.2) is 0 Å². The highest BCUT2D eigenvalue weighted by molar-refractivity contribution is 6.39. The number of aromatic nitrogens is 1. The number of furan rings is 1. The third kappa shape index (κ3) is 4.47. The van der Waals surface area contributed by atoms with E-state index in [1.54, 1.807) is 36.5 Å². The molecule has 5 rings (SSSR count). The average Bonchev–Trinajstić information content (AvgIpc) is 3.48. The molecular weight excluding hydrogens is 478 g/mol. The van der Waals surface area contributed by atoms with Crippen molar-refractivity contribution in [2.45, 2.75) is 13.5 Å². The summed E-state index contributed by atoms with van der Waals surface area (Å²) in [5.74, 6) is -2.00. The molecule has 1 aliphatic rings. The second-order valence-electron chi connectivity index (χ2n) is 8.19. The number of carboxylic acid groups (broad SMARTS) is 1. The summed E-state index contributed by atoms with van der Waals surface area (Å²) in [6.45, 7) is 2.46. The van der Waals surface area contributed by atoms with E-state index >= 15 is 0 Å². The number of carbonyl (C=O) groups excluding carboxylic acids is 3. The first-order chi connectivity index (χ1) is 17.9. The van der Waals surface area contributed by atoms with Crippen LogP contribution in [-0.2, 0) is 16.1 Å². The molecule has 10 nitrogen and oxygen atoms in total. The summed E-state index contributed by atoms with van der Waals surface area (Å²) < 4.78 is 12.7. The highest BCUT2D eigenvalue weighted by atomic mass is 16.5. The Morgan fingerprint density at radius 2 is 1.89 bits per heavy atom. The Balaban J connectivity index is 1.53. The second-order valence-corrected chi connectivity index (χ2v) is 8.19. The van der Waals surface area contributed by atoms with Gasteiger partial charge in [-0.2, -0.15) is 0 Å². The van der Waals surface area contributed by atoms with Gasteiger partial charge in [-0.05, 0) is 43.3 Å². The smallest absolute Gasteiger partial charge is 0.371 e. The zero-order chi connectivity index (χ0) is 26.1. The summed E-state index contributed by atoms with van der Waals surface area (Å²) in [6, 6.07) is 15.9. The fraction of sp³-hybridized carbons (Fsp3) is 0.111. The van der Waals surface area contributed by atoms with Crippen molar-refractivity contribution in [2.24, 2.45) is 0 Å². The van der Waals surface area contributed by atoms with E-state index in [2.05, 4.69) is 5.32 Å².